The van der Waals surface area contributed by atoms with E-state index in [0.717, 1.165) is 23.9 Å². The number of fused-ring (bicyclic) bond motifs is 1. The van der Waals surface area contributed by atoms with Crippen molar-refractivity contribution in [2.75, 3.05) is 0 Å². The number of benzene rings is 1. The molecule has 1 heterocycles. The van der Waals surface area contributed by atoms with Crippen molar-refractivity contribution in [1.29, 1.82) is 0 Å². The molecular weight excluding hydrogens is 224 g/mol. The third kappa shape index (κ3) is 2.92. The van der Waals surface area contributed by atoms with Crippen molar-refractivity contribution in [3.05, 3.63) is 36.2 Å². The maximum Gasteiger partial charge on any atom is 0.165 e. The van der Waals surface area contributed by atoms with Crippen LogP contribution in [0.4, 0.5) is 0 Å². The molecule has 94 valence electrons. The van der Waals surface area contributed by atoms with Crippen LogP contribution in [-0.4, -0.2) is 15.8 Å². The molecule has 0 atom stereocenters. The van der Waals surface area contributed by atoms with E-state index in [2.05, 4.69) is 23.8 Å². The van der Waals surface area contributed by atoms with Crippen LogP contribution in [-0.2, 0) is 0 Å². The quantitative estimate of drug-likeness (QED) is 0.752. The Labute approximate surface area is 107 Å². The third-order valence-corrected chi connectivity index (χ3v) is 2.98. The second-order valence-corrected chi connectivity index (χ2v) is 4.94. The van der Waals surface area contributed by atoms with Crippen LogP contribution in [0, 0.1) is 5.92 Å². The molecule has 2 aromatic rings. The van der Waals surface area contributed by atoms with Crippen molar-refractivity contribution < 1.29 is 4.79 Å². The average molecular weight is 242 g/mol. The predicted octanol–water partition coefficient (Wildman–Crippen LogP) is 3.64. The summed E-state index contributed by atoms with van der Waals surface area (Å²) in [7, 11) is 0. The van der Waals surface area contributed by atoms with Gasteiger partial charge < -0.3 is 0 Å². The van der Waals surface area contributed by atoms with Gasteiger partial charge in [0, 0.05) is 24.4 Å². The van der Waals surface area contributed by atoms with Gasteiger partial charge in [-0.15, -0.1) is 0 Å². The van der Waals surface area contributed by atoms with Gasteiger partial charge in [-0.2, -0.15) is 0 Å². The predicted molar refractivity (Wildman–Crippen MR) is 72.6 cm³/mol. The van der Waals surface area contributed by atoms with Crippen LogP contribution in [0.3, 0.4) is 0 Å². The number of hydrogen-bond acceptors (Lipinski definition) is 3. The standard InChI is InChI=1S/C15H18N2O/c1-11(2)5-3-8-14(18)12-6-4-7-13-15(12)17-10-9-16-13/h4,6-7,9-11H,3,5,8H2,1-2H3. The Morgan fingerprint density at radius 2 is 2.00 bits per heavy atom. The van der Waals surface area contributed by atoms with Crippen molar-refractivity contribution in [2.24, 2.45) is 5.92 Å². The summed E-state index contributed by atoms with van der Waals surface area (Å²) in [5, 5.41) is 0. The maximum absolute atomic E-state index is 12.2. The van der Waals surface area contributed by atoms with E-state index in [1.807, 2.05) is 18.2 Å². The van der Waals surface area contributed by atoms with Gasteiger partial charge in [0.2, 0.25) is 0 Å². The van der Waals surface area contributed by atoms with Crippen LogP contribution in [0.15, 0.2) is 30.6 Å². The molecule has 0 aliphatic rings. The molecular formula is C15H18N2O. The minimum Gasteiger partial charge on any atom is -0.294 e. The summed E-state index contributed by atoms with van der Waals surface area (Å²) in [6.45, 7) is 4.35. The Balaban J connectivity index is 2.17. The molecule has 1 aromatic heterocycles. The van der Waals surface area contributed by atoms with Crippen LogP contribution in [0.5, 0.6) is 0 Å². The Hall–Kier alpha value is -1.77. The zero-order chi connectivity index (χ0) is 13.0. The number of carbonyl (C=O) groups excluding carboxylic acids is 1. The van der Waals surface area contributed by atoms with Gasteiger partial charge in [-0.05, 0) is 24.5 Å². The molecule has 2 rings (SSSR count). The molecule has 0 aliphatic carbocycles. The van der Waals surface area contributed by atoms with Gasteiger partial charge >= 0.3 is 0 Å². The molecule has 0 aliphatic heterocycles. The molecule has 0 fully saturated rings. The number of carbonyl (C=O) groups is 1. The van der Waals surface area contributed by atoms with Crippen LogP contribution >= 0.6 is 0 Å². The minimum atomic E-state index is 0.168. The highest BCUT2D eigenvalue weighted by Gasteiger charge is 2.11. The zero-order valence-electron chi connectivity index (χ0n) is 10.9. The molecule has 3 nitrogen and oxygen atoms in total. The number of hydrogen-bond donors (Lipinski definition) is 0. The first-order valence-corrected chi connectivity index (χ1v) is 6.41. The Kier molecular flexibility index (Phi) is 4.03. The third-order valence-electron chi connectivity index (χ3n) is 2.98. The molecule has 0 unspecified atom stereocenters. The van der Waals surface area contributed by atoms with Gasteiger partial charge in [0.1, 0.15) is 0 Å². The molecule has 0 N–H and O–H groups in total. The monoisotopic (exact) mass is 242 g/mol. The van der Waals surface area contributed by atoms with Gasteiger partial charge in [0.25, 0.3) is 0 Å². The summed E-state index contributed by atoms with van der Waals surface area (Å²) in [5.74, 6) is 0.812. The number of nitrogens with zero attached hydrogens (tertiary/aromatic N) is 2. The smallest absolute Gasteiger partial charge is 0.165 e. The Bertz CT molecular complexity index is 544. The van der Waals surface area contributed by atoms with E-state index < -0.39 is 0 Å². The molecule has 0 spiro atoms. The first-order valence-electron chi connectivity index (χ1n) is 6.41. The summed E-state index contributed by atoms with van der Waals surface area (Å²) >= 11 is 0. The number of ketones is 1. The van der Waals surface area contributed by atoms with E-state index in [9.17, 15) is 4.79 Å². The van der Waals surface area contributed by atoms with Crippen LogP contribution in [0.1, 0.15) is 43.5 Å². The number of para-hydroxylation sites is 1. The molecule has 0 saturated carbocycles. The van der Waals surface area contributed by atoms with E-state index in [4.69, 9.17) is 0 Å². The molecule has 0 amide bonds. The Morgan fingerprint density at radius 1 is 1.22 bits per heavy atom. The highest BCUT2D eigenvalue weighted by atomic mass is 16.1. The first-order chi connectivity index (χ1) is 8.68. The normalized spacial score (nSPS) is 11.1. The SMILES string of the molecule is CC(C)CCCC(=O)c1cccc2nccnc12. The van der Waals surface area contributed by atoms with Crippen molar-refractivity contribution in [3.63, 3.8) is 0 Å². The zero-order valence-corrected chi connectivity index (χ0v) is 10.9. The average Bonchev–Trinajstić information content (AvgIpc) is 2.37. The van der Waals surface area contributed by atoms with Crippen molar-refractivity contribution in [2.45, 2.75) is 33.1 Å². The lowest BCUT2D eigenvalue weighted by Gasteiger charge is -2.05. The summed E-state index contributed by atoms with van der Waals surface area (Å²) in [5.41, 5.74) is 2.20. The summed E-state index contributed by atoms with van der Waals surface area (Å²) in [6.07, 6.45) is 5.89. The lowest BCUT2D eigenvalue weighted by atomic mass is 10.0. The van der Waals surface area contributed by atoms with Gasteiger partial charge in [-0.1, -0.05) is 26.3 Å². The largest absolute Gasteiger partial charge is 0.294 e. The van der Waals surface area contributed by atoms with Crippen molar-refractivity contribution >= 4 is 16.8 Å². The topological polar surface area (TPSA) is 42.9 Å². The van der Waals surface area contributed by atoms with E-state index in [0.29, 0.717) is 17.9 Å². The van der Waals surface area contributed by atoms with E-state index in [-0.39, 0.29) is 5.78 Å². The molecule has 0 bridgehead atoms. The fraction of sp³-hybridized carbons (Fsp3) is 0.400. The first kappa shape index (κ1) is 12.7. The van der Waals surface area contributed by atoms with Crippen molar-refractivity contribution in [1.82, 2.24) is 9.97 Å². The Morgan fingerprint density at radius 3 is 2.78 bits per heavy atom. The van der Waals surface area contributed by atoms with Gasteiger partial charge in [-0.25, -0.2) is 0 Å². The second kappa shape index (κ2) is 5.71. The number of Topliss-reactive ketones (excluding diaryl/α,β-unsaturated/α-hetero) is 1. The van der Waals surface area contributed by atoms with Crippen LogP contribution in [0.25, 0.3) is 11.0 Å². The second-order valence-electron chi connectivity index (χ2n) is 4.94. The summed E-state index contributed by atoms with van der Waals surface area (Å²) in [6, 6.07) is 5.59. The summed E-state index contributed by atoms with van der Waals surface area (Å²) in [4.78, 5) is 20.7. The van der Waals surface area contributed by atoms with Gasteiger partial charge in [0.15, 0.2) is 5.78 Å². The highest BCUT2D eigenvalue weighted by Crippen LogP contribution is 2.17. The molecule has 1 aromatic carbocycles. The lowest BCUT2D eigenvalue weighted by molar-refractivity contribution is 0.0979. The minimum absolute atomic E-state index is 0.168. The lowest BCUT2D eigenvalue weighted by Crippen LogP contribution is -2.02. The van der Waals surface area contributed by atoms with Gasteiger partial charge in [-0.3, -0.25) is 14.8 Å². The summed E-state index contributed by atoms with van der Waals surface area (Å²) < 4.78 is 0. The molecule has 0 saturated heterocycles. The highest BCUT2D eigenvalue weighted by molar-refractivity contribution is 6.05. The van der Waals surface area contributed by atoms with Crippen molar-refractivity contribution in [3.8, 4) is 0 Å². The van der Waals surface area contributed by atoms with Gasteiger partial charge in [0.05, 0.1) is 11.0 Å². The molecule has 18 heavy (non-hydrogen) atoms. The van der Waals surface area contributed by atoms with Crippen LogP contribution in [0.2, 0.25) is 0 Å². The number of rotatable bonds is 5. The fourth-order valence-electron chi connectivity index (χ4n) is 2.02. The van der Waals surface area contributed by atoms with E-state index in [1.54, 1.807) is 12.4 Å². The fourth-order valence-corrected chi connectivity index (χ4v) is 2.02. The molecule has 0 radical (unpaired) electrons. The number of aromatic nitrogens is 2. The maximum atomic E-state index is 12.2. The van der Waals surface area contributed by atoms with E-state index >= 15 is 0 Å². The molecule has 3 heteroatoms. The van der Waals surface area contributed by atoms with E-state index in [1.165, 1.54) is 0 Å². The van der Waals surface area contributed by atoms with Crippen LogP contribution < -0.4 is 0 Å².